The molecule has 0 fully saturated rings. The summed E-state index contributed by atoms with van der Waals surface area (Å²) in [7, 11) is 0. The molecule has 0 spiro atoms. The highest BCUT2D eigenvalue weighted by Gasteiger charge is 2.08. The quantitative estimate of drug-likeness (QED) is 0.657. The minimum absolute atomic E-state index is 0.255. The molecule has 0 atom stereocenters. The number of ether oxygens (including phenoxy) is 1. The molecule has 0 heterocycles. The summed E-state index contributed by atoms with van der Waals surface area (Å²) in [6.07, 6.45) is 2.34. The molecule has 0 bridgehead atoms. The number of anilines is 1. The van der Waals surface area contributed by atoms with E-state index in [1.807, 2.05) is 6.92 Å². The number of esters is 1. The zero-order valence-corrected chi connectivity index (χ0v) is 13.6. The average molecular weight is 348 g/mol. The lowest BCUT2D eigenvalue weighted by Gasteiger charge is -2.07. The molecule has 2 aromatic rings. The fraction of sp³-hybridized carbons (Fsp3) is 0.111. The summed E-state index contributed by atoms with van der Waals surface area (Å²) in [6, 6.07) is 11.2. The summed E-state index contributed by atoms with van der Waals surface area (Å²) in [4.78, 5) is 23.3. The van der Waals surface area contributed by atoms with Gasteiger partial charge >= 0.3 is 5.97 Å². The second kappa shape index (κ2) is 8.26. The molecule has 0 aromatic heterocycles. The normalized spacial score (nSPS) is 10.6. The standard InChI is InChI=1S/C18H15ClFNO3/c1-12-6-8-16(14(19)10-12)21-17(22)11-24-18(23)9-7-13-4-2-3-5-15(13)20/h2-10H,11H2,1H3,(H,21,22)/b9-7+. The summed E-state index contributed by atoms with van der Waals surface area (Å²) in [5, 5.41) is 2.94. The van der Waals surface area contributed by atoms with Crippen molar-refractivity contribution in [1.82, 2.24) is 0 Å². The van der Waals surface area contributed by atoms with Crippen molar-refractivity contribution in [3.05, 3.63) is 70.5 Å². The molecule has 0 aliphatic rings. The van der Waals surface area contributed by atoms with Gasteiger partial charge in [-0.05, 0) is 36.8 Å². The Bertz CT molecular complexity index is 790. The average Bonchev–Trinajstić information content (AvgIpc) is 2.55. The second-order valence-electron chi connectivity index (χ2n) is 4.99. The Morgan fingerprint density at radius 1 is 1.25 bits per heavy atom. The van der Waals surface area contributed by atoms with Gasteiger partial charge in [0.25, 0.3) is 5.91 Å². The number of carbonyl (C=O) groups is 2. The van der Waals surface area contributed by atoms with Gasteiger partial charge in [0.15, 0.2) is 6.61 Å². The van der Waals surface area contributed by atoms with E-state index in [1.165, 1.54) is 18.2 Å². The third-order valence-corrected chi connectivity index (χ3v) is 3.36. The molecule has 1 N–H and O–H groups in total. The maximum atomic E-state index is 13.4. The topological polar surface area (TPSA) is 55.4 Å². The number of hydrogen-bond acceptors (Lipinski definition) is 3. The van der Waals surface area contributed by atoms with Crippen LogP contribution in [0.2, 0.25) is 5.02 Å². The maximum Gasteiger partial charge on any atom is 0.331 e. The fourth-order valence-electron chi connectivity index (χ4n) is 1.86. The van der Waals surface area contributed by atoms with E-state index in [4.69, 9.17) is 16.3 Å². The molecule has 124 valence electrons. The number of aryl methyl sites for hydroxylation is 1. The largest absolute Gasteiger partial charge is 0.452 e. The fourth-order valence-corrected chi connectivity index (χ4v) is 2.14. The molecule has 0 saturated carbocycles. The third kappa shape index (κ3) is 5.21. The second-order valence-corrected chi connectivity index (χ2v) is 5.40. The smallest absolute Gasteiger partial charge is 0.331 e. The van der Waals surface area contributed by atoms with E-state index in [9.17, 15) is 14.0 Å². The Morgan fingerprint density at radius 2 is 2.00 bits per heavy atom. The first-order valence-corrected chi connectivity index (χ1v) is 7.49. The number of halogens is 2. The highest BCUT2D eigenvalue weighted by Crippen LogP contribution is 2.22. The number of nitrogens with one attached hydrogen (secondary N) is 1. The first-order valence-electron chi connectivity index (χ1n) is 7.11. The van der Waals surface area contributed by atoms with Crippen molar-refractivity contribution in [2.75, 3.05) is 11.9 Å². The molecule has 4 nitrogen and oxygen atoms in total. The van der Waals surface area contributed by atoms with Gasteiger partial charge in [0.1, 0.15) is 5.82 Å². The van der Waals surface area contributed by atoms with Crippen LogP contribution < -0.4 is 5.32 Å². The zero-order valence-electron chi connectivity index (χ0n) is 12.9. The molecule has 0 aliphatic carbocycles. The maximum absolute atomic E-state index is 13.4. The molecule has 1 amide bonds. The Labute approximate surface area is 143 Å². The van der Waals surface area contributed by atoms with E-state index in [0.29, 0.717) is 10.7 Å². The summed E-state index contributed by atoms with van der Waals surface area (Å²) in [5.41, 5.74) is 1.65. The van der Waals surface area contributed by atoms with E-state index in [2.05, 4.69) is 5.32 Å². The van der Waals surface area contributed by atoms with Gasteiger partial charge in [-0.15, -0.1) is 0 Å². The summed E-state index contributed by atoms with van der Waals surface area (Å²) >= 11 is 6.00. The van der Waals surface area contributed by atoms with Gasteiger partial charge in [-0.3, -0.25) is 4.79 Å². The van der Waals surface area contributed by atoms with Crippen molar-refractivity contribution in [3.8, 4) is 0 Å². The SMILES string of the molecule is Cc1ccc(NC(=O)COC(=O)/C=C/c2ccccc2F)c(Cl)c1. The van der Waals surface area contributed by atoms with Crippen LogP contribution in [0, 0.1) is 12.7 Å². The molecule has 24 heavy (non-hydrogen) atoms. The van der Waals surface area contributed by atoms with E-state index >= 15 is 0 Å². The van der Waals surface area contributed by atoms with Crippen LogP contribution >= 0.6 is 11.6 Å². The van der Waals surface area contributed by atoms with E-state index in [0.717, 1.165) is 11.6 Å². The lowest BCUT2D eigenvalue weighted by Crippen LogP contribution is -2.20. The highest BCUT2D eigenvalue weighted by atomic mass is 35.5. The van der Waals surface area contributed by atoms with Crippen molar-refractivity contribution in [3.63, 3.8) is 0 Å². The minimum Gasteiger partial charge on any atom is -0.452 e. The van der Waals surface area contributed by atoms with Gasteiger partial charge in [0, 0.05) is 11.6 Å². The number of carbonyl (C=O) groups excluding carboxylic acids is 2. The van der Waals surface area contributed by atoms with Crippen LogP contribution in [0.4, 0.5) is 10.1 Å². The Morgan fingerprint density at radius 3 is 2.71 bits per heavy atom. The van der Waals surface area contributed by atoms with Crippen molar-refractivity contribution < 1.29 is 18.7 Å². The van der Waals surface area contributed by atoms with Crippen LogP contribution in [-0.4, -0.2) is 18.5 Å². The summed E-state index contributed by atoms with van der Waals surface area (Å²) < 4.78 is 18.2. The van der Waals surface area contributed by atoms with Gasteiger partial charge in [-0.1, -0.05) is 35.9 Å². The van der Waals surface area contributed by atoms with Crippen molar-refractivity contribution in [1.29, 1.82) is 0 Å². The molecule has 0 unspecified atom stereocenters. The monoisotopic (exact) mass is 347 g/mol. The van der Waals surface area contributed by atoms with E-state index in [1.54, 1.807) is 30.3 Å². The molecule has 0 saturated heterocycles. The molecular formula is C18H15ClFNO3. The Hall–Kier alpha value is -2.66. The molecule has 6 heteroatoms. The number of amides is 1. The predicted molar refractivity (Wildman–Crippen MR) is 91.2 cm³/mol. The van der Waals surface area contributed by atoms with Gasteiger partial charge in [0.05, 0.1) is 10.7 Å². The van der Waals surface area contributed by atoms with Crippen LogP contribution in [0.1, 0.15) is 11.1 Å². The van der Waals surface area contributed by atoms with Gasteiger partial charge < -0.3 is 10.1 Å². The Balaban J connectivity index is 1.85. The van der Waals surface area contributed by atoms with Crippen LogP contribution in [0.25, 0.3) is 6.08 Å². The first kappa shape index (κ1) is 17.7. The molecule has 0 radical (unpaired) electrons. The lowest BCUT2D eigenvalue weighted by molar-refractivity contribution is -0.142. The first-order chi connectivity index (χ1) is 11.5. The minimum atomic E-state index is -0.747. The van der Waals surface area contributed by atoms with Crippen LogP contribution in [0.3, 0.4) is 0 Å². The van der Waals surface area contributed by atoms with Crippen molar-refractivity contribution >= 4 is 35.2 Å². The van der Waals surface area contributed by atoms with Gasteiger partial charge in [0.2, 0.25) is 0 Å². The third-order valence-electron chi connectivity index (χ3n) is 3.05. The Kier molecular flexibility index (Phi) is 6.09. The highest BCUT2D eigenvalue weighted by molar-refractivity contribution is 6.33. The van der Waals surface area contributed by atoms with Crippen LogP contribution in [0.15, 0.2) is 48.5 Å². The lowest BCUT2D eigenvalue weighted by atomic mass is 10.2. The van der Waals surface area contributed by atoms with Crippen molar-refractivity contribution in [2.45, 2.75) is 6.92 Å². The number of hydrogen-bond donors (Lipinski definition) is 1. The molecule has 0 aliphatic heterocycles. The zero-order chi connectivity index (χ0) is 17.5. The number of rotatable bonds is 5. The van der Waals surface area contributed by atoms with E-state index in [-0.39, 0.29) is 5.56 Å². The predicted octanol–water partition coefficient (Wildman–Crippen LogP) is 3.98. The van der Waals surface area contributed by atoms with Crippen LogP contribution in [-0.2, 0) is 14.3 Å². The van der Waals surface area contributed by atoms with Crippen LogP contribution in [0.5, 0.6) is 0 Å². The van der Waals surface area contributed by atoms with Crippen molar-refractivity contribution in [2.24, 2.45) is 0 Å². The van der Waals surface area contributed by atoms with Gasteiger partial charge in [-0.2, -0.15) is 0 Å². The number of benzene rings is 2. The van der Waals surface area contributed by atoms with E-state index < -0.39 is 24.3 Å². The van der Waals surface area contributed by atoms with Gasteiger partial charge in [-0.25, -0.2) is 9.18 Å². The summed E-state index contributed by atoms with van der Waals surface area (Å²) in [5.74, 6) is -1.72. The molecule has 2 aromatic carbocycles. The molecular weight excluding hydrogens is 333 g/mol. The molecule has 2 rings (SSSR count). The summed E-state index contributed by atoms with van der Waals surface area (Å²) in [6.45, 7) is 1.41.